The van der Waals surface area contributed by atoms with Crippen LogP contribution in [-0.4, -0.2) is 9.97 Å². The van der Waals surface area contributed by atoms with Crippen molar-refractivity contribution < 1.29 is 20.1 Å². The zero-order chi connectivity index (χ0) is 28.3. The molecule has 3 heteroatoms. The quantitative estimate of drug-likeness (QED) is 0.174. The first-order valence-corrected chi connectivity index (χ1v) is 14.1. The van der Waals surface area contributed by atoms with Gasteiger partial charge in [0.05, 0.1) is 0 Å². The number of fused-ring (bicyclic) bond motifs is 1. The molecule has 5 aromatic rings. The number of pyridine rings is 2. The van der Waals surface area contributed by atoms with Gasteiger partial charge in [-0.1, -0.05) is 76.6 Å². The van der Waals surface area contributed by atoms with Gasteiger partial charge in [-0.25, -0.2) is 0 Å². The topological polar surface area (TPSA) is 25.8 Å². The molecule has 6 rings (SSSR count). The Balaban J connectivity index is 0.000000184. The summed E-state index contributed by atoms with van der Waals surface area (Å²) in [6.07, 6.45) is 6.13. The maximum Gasteiger partial charge on any atom is 0.0160 e. The molecule has 41 heavy (non-hydrogen) atoms. The minimum atomic E-state index is 0. The van der Waals surface area contributed by atoms with Crippen molar-refractivity contribution in [3.05, 3.63) is 132 Å². The fourth-order valence-corrected chi connectivity index (χ4v) is 5.74. The Morgan fingerprint density at radius 3 is 1.76 bits per heavy atom. The molecule has 0 unspecified atom stereocenters. The van der Waals surface area contributed by atoms with E-state index in [-0.39, 0.29) is 30.9 Å². The molecule has 0 bridgehead atoms. The van der Waals surface area contributed by atoms with Gasteiger partial charge >= 0.3 is 0 Å². The molecule has 0 atom stereocenters. The van der Waals surface area contributed by atoms with E-state index in [2.05, 4.69) is 112 Å². The van der Waals surface area contributed by atoms with Crippen LogP contribution < -0.4 is 0 Å². The molecule has 0 spiro atoms. The maximum absolute atomic E-state index is 4.45. The van der Waals surface area contributed by atoms with Gasteiger partial charge in [0, 0.05) is 32.5 Å². The monoisotopic (exact) mass is 715 g/mol. The molecule has 1 aliphatic rings. The Morgan fingerprint density at radius 2 is 1.20 bits per heavy atom. The molecule has 0 fully saturated rings. The van der Waals surface area contributed by atoms with Gasteiger partial charge in [-0.2, -0.15) is 0 Å². The first kappa shape index (κ1) is 30.6. The summed E-state index contributed by atoms with van der Waals surface area (Å²) in [4.78, 5) is 8.85. The van der Waals surface area contributed by atoms with Gasteiger partial charge in [0.15, 0.2) is 0 Å². The van der Waals surface area contributed by atoms with Crippen LogP contribution in [0.5, 0.6) is 0 Å². The van der Waals surface area contributed by atoms with E-state index in [1.807, 2.05) is 48.8 Å². The van der Waals surface area contributed by atoms with Crippen LogP contribution in [0.1, 0.15) is 62.8 Å². The fourth-order valence-electron chi connectivity index (χ4n) is 5.74. The number of aryl methyl sites for hydroxylation is 2. The zero-order valence-corrected chi connectivity index (χ0v) is 27.3. The van der Waals surface area contributed by atoms with Crippen molar-refractivity contribution in [1.29, 1.82) is 0 Å². The average Bonchev–Trinajstić information content (AvgIpc) is 2.97. The number of nitrogens with zero attached hydrogens (tertiary/aromatic N) is 2. The van der Waals surface area contributed by atoms with Crippen LogP contribution in [0.2, 0.25) is 0 Å². The predicted molar refractivity (Wildman–Crippen MR) is 167 cm³/mol. The van der Waals surface area contributed by atoms with E-state index in [1.54, 1.807) is 0 Å². The van der Waals surface area contributed by atoms with E-state index in [0.29, 0.717) is 0 Å². The average molecular weight is 715 g/mol. The fraction of sp³-hybridized carbons (Fsp3) is 0.263. The van der Waals surface area contributed by atoms with Crippen LogP contribution in [0.25, 0.3) is 33.6 Å². The molecule has 211 valence electrons. The van der Waals surface area contributed by atoms with Crippen LogP contribution in [0.4, 0.5) is 0 Å². The van der Waals surface area contributed by atoms with Crippen molar-refractivity contribution in [2.45, 2.75) is 65.2 Å². The Morgan fingerprint density at radius 1 is 0.634 bits per heavy atom. The second kappa shape index (κ2) is 12.6. The largest absolute Gasteiger partial charge is 0.305 e. The first-order chi connectivity index (χ1) is 19.2. The molecular formula is C38H38IrN2-2. The van der Waals surface area contributed by atoms with Crippen LogP contribution in [-0.2, 0) is 30.9 Å². The maximum atomic E-state index is 4.45. The van der Waals surface area contributed by atoms with Crippen LogP contribution in [0.3, 0.4) is 0 Å². The van der Waals surface area contributed by atoms with Crippen molar-refractivity contribution in [2.75, 3.05) is 0 Å². The standard InChI is InChI=1S/C19H22N.C19H16N.Ir/c1-18(2)10-11-19(3,4)16-13-14(8-9-15(16)18)17-7-5-6-12-20-17;1-14-7-5-8-15(2)19(14)17-10-6-9-16(13-17)18-11-3-4-12-20-18;/h5-7,9,12-13H,10-11H2,1-4H3;3-8,10-13H,1-2H3;/q2*-1;. The summed E-state index contributed by atoms with van der Waals surface area (Å²) in [5, 5.41) is 0. The molecule has 0 saturated heterocycles. The van der Waals surface area contributed by atoms with Crippen molar-refractivity contribution in [2.24, 2.45) is 0 Å². The van der Waals surface area contributed by atoms with E-state index >= 15 is 0 Å². The summed E-state index contributed by atoms with van der Waals surface area (Å²) in [5.41, 5.74) is 12.6. The van der Waals surface area contributed by atoms with E-state index in [9.17, 15) is 0 Å². The number of aromatic nitrogens is 2. The molecule has 3 aromatic carbocycles. The third-order valence-electron chi connectivity index (χ3n) is 8.24. The minimum absolute atomic E-state index is 0. The molecule has 0 aliphatic heterocycles. The Bertz CT molecular complexity index is 1580. The van der Waals surface area contributed by atoms with E-state index < -0.39 is 0 Å². The number of benzene rings is 3. The zero-order valence-electron chi connectivity index (χ0n) is 24.9. The van der Waals surface area contributed by atoms with Crippen LogP contribution in [0.15, 0.2) is 97.3 Å². The molecule has 1 aliphatic carbocycles. The van der Waals surface area contributed by atoms with E-state index in [0.717, 1.165) is 22.5 Å². The molecule has 2 aromatic heterocycles. The Hall–Kier alpha value is -3.39. The smallest absolute Gasteiger partial charge is 0.0160 e. The Labute approximate surface area is 259 Å². The van der Waals surface area contributed by atoms with Gasteiger partial charge in [0.25, 0.3) is 0 Å². The van der Waals surface area contributed by atoms with Gasteiger partial charge < -0.3 is 9.97 Å². The third kappa shape index (κ3) is 6.75. The van der Waals surface area contributed by atoms with Gasteiger partial charge in [0.2, 0.25) is 0 Å². The van der Waals surface area contributed by atoms with Crippen molar-refractivity contribution in [3.63, 3.8) is 0 Å². The van der Waals surface area contributed by atoms with E-state index in [1.165, 1.54) is 46.2 Å². The summed E-state index contributed by atoms with van der Waals surface area (Å²) in [5.74, 6) is 0. The van der Waals surface area contributed by atoms with Gasteiger partial charge in [0.1, 0.15) is 0 Å². The van der Waals surface area contributed by atoms with Crippen LogP contribution >= 0.6 is 0 Å². The molecule has 0 N–H and O–H groups in total. The number of hydrogen-bond donors (Lipinski definition) is 0. The predicted octanol–water partition coefficient (Wildman–Crippen LogP) is 9.73. The summed E-state index contributed by atoms with van der Waals surface area (Å²) in [7, 11) is 0. The normalized spacial score (nSPS) is 14.6. The second-order valence-electron chi connectivity index (χ2n) is 12.1. The van der Waals surface area contributed by atoms with Crippen molar-refractivity contribution in [3.8, 4) is 33.6 Å². The first-order valence-electron chi connectivity index (χ1n) is 14.1. The van der Waals surface area contributed by atoms with Gasteiger partial charge in [-0.3, -0.25) is 0 Å². The van der Waals surface area contributed by atoms with E-state index in [4.69, 9.17) is 0 Å². The van der Waals surface area contributed by atoms with Crippen LogP contribution in [0, 0.1) is 26.0 Å². The summed E-state index contributed by atoms with van der Waals surface area (Å²) >= 11 is 0. The van der Waals surface area contributed by atoms with Gasteiger partial charge in [-0.05, 0) is 71.3 Å². The second-order valence-corrected chi connectivity index (χ2v) is 12.1. The Kier molecular flexibility index (Phi) is 9.42. The molecule has 2 heterocycles. The SMILES string of the molecule is CC1(C)CCC(C)(C)c2cc(-c3ccccn3)[c-]cc21.Cc1cccc(C)c1-c1cc[c-]c(-c2ccccn2)c1.[Ir]. The molecule has 0 saturated carbocycles. The summed E-state index contributed by atoms with van der Waals surface area (Å²) < 4.78 is 0. The van der Waals surface area contributed by atoms with Gasteiger partial charge in [-0.15, -0.1) is 70.3 Å². The molecular weight excluding hydrogens is 677 g/mol. The minimum Gasteiger partial charge on any atom is -0.305 e. The number of hydrogen-bond acceptors (Lipinski definition) is 2. The molecule has 0 amide bonds. The third-order valence-corrected chi connectivity index (χ3v) is 8.24. The number of rotatable bonds is 3. The summed E-state index contributed by atoms with van der Waals surface area (Å²) in [6.45, 7) is 13.7. The molecule has 1 radical (unpaired) electrons. The van der Waals surface area contributed by atoms with Crippen molar-refractivity contribution >= 4 is 0 Å². The van der Waals surface area contributed by atoms with Crippen molar-refractivity contribution in [1.82, 2.24) is 9.97 Å². The molecule has 2 nitrogen and oxygen atoms in total. The summed E-state index contributed by atoms with van der Waals surface area (Å²) in [6, 6.07) is 35.9.